The van der Waals surface area contributed by atoms with Crippen molar-refractivity contribution in [1.29, 1.82) is 0 Å². The summed E-state index contributed by atoms with van der Waals surface area (Å²) >= 11 is 0. The smallest absolute Gasteiger partial charge is 0.299 e. The Labute approximate surface area is 118 Å². The molecule has 0 saturated heterocycles. The van der Waals surface area contributed by atoms with E-state index < -0.39 is 31.6 Å². The molecule has 0 fully saturated rings. The van der Waals surface area contributed by atoms with Crippen LogP contribution in [0.25, 0.3) is 0 Å². The van der Waals surface area contributed by atoms with Crippen molar-refractivity contribution in [2.45, 2.75) is 0 Å². The number of nitrogens with two attached hydrogens (primary N) is 2. The summed E-state index contributed by atoms with van der Waals surface area (Å²) in [4.78, 5) is 42.6. The molecule has 0 aromatic carbocycles. The minimum absolute atomic E-state index is 2.88. The van der Waals surface area contributed by atoms with Gasteiger partial charge in [-0.2, -0.15) is 9.25 Å². The van der Waals surface area contributed by atoms with Gasteiger partial charge in [-0.3, -0.25) is 29.4 Å². The highest BCUT2D eigenvalue weighted by Crippen LogP contribution is 2.41. The molecule has 140 valence electrons. The number of hydrogen-bond donors (Lipinski definition) is 8. The third kappa shape index (κ3) is 192. The van der Waals surface area contributed by atoms with Gasteiger partial charge in [-0.25, -0.2) is 30.1 Å². The Bertz CT molecular complexity index is 384. The van der Waals surface area contributed by atoms with Crippen molar-refractivity contribution in [1.82, 2.24) is 0 Å². The van der Waals surface area contributed by atoms with E-state index in [0.29, 0.717) is 0 Å². The molecule has 0 aromatic rings. The van der Waals surface area contributed by atoms with Crippen LogP contribution in [0.1, 0.15) is 0 Å². The van der Waals surface area contributed by atoms with Gasteiger partial charge in [0.05, 0.1) is 0 Å². The second-order valence-electron chi connectivity index (χ2n) is 2.06. The minimum Gasteiger partial charge on any atom is -0.299 e. The maximum Gasteiger partial charge on any atom is 0.526 e. The van der Waals surface area contributed by atoms with Gasteiger partial charge >= 0.3 is 31.6 Å². The molecule has 10 N–H and O–H groups in total. The average Bonchev–Trinajstić information content (AvgIpc) is 2.11. The lowest BCUT2D eigenvalue weighted by Gasteiger charge is -1.89. The molecule has 0 rings (SSSR count). The van der Waals surface area contributed by atoms with E-state index >= 15 is 0 Å². The lowest BCUT2D eigenvalue weighted by atomic mass is 13.6. The summed E-state index contributed by atoms with van der Waals surface area (Å²) in [6.07, 6.45) is 0. The van der Waals surface area contributed by atoms with E-state index in [-0.39, 0.29) is 0 Å². The summed E-state index contributed by atoms with van der Waals surface area (Å²) in [6.45, 7) is 0. The van der Waals surface area contributed by atoms with Gasteiger partial charge in [-0.05, 0) is 0 Å². The lowest BCUT2D eigenvalue weighted by Crippen LogP contribution is -1.90. The molecule has 0 bridgehead atoms. The van der Waals surface area contributed by atoms with E-state index in [1.54, 1.807) is 0 Å². The van der Waals surface area contributed by atoms with Crippen molar-refractivity contribution in [2.75, 3.05) is 0 Å². The quantitative estimate of drug-likeness (QED) is 0.163. The third-order valence-corrected chi connectivity index (χ3v) is 0.780. The minimum atomic E-state index is -5.14. The Balaban J connectivity index is -0.0000000986. The molecule has 0 heterocycles. The summed E-state index contributed by atoms with van der Waals surface area (Å²) in [6, 6.07) is 0. The molecule has 0 amide bonds. The van der Waals surface area contributed by atoms with Crippen LogP contribution in [0, 0.1) is 0 Å². The monoisotopic (exact) mass is 430 g/mol. The maximum atomic E-state index is 10.9. The summed E-state index contributed by atoms with van der Waals surface area (Å²) < 4.78 is 83.8. The lowest BCUT2D eigenvalue weighted by molar-refractivity contribution is 0.231. The predicted octanol–water partition coefficient (Wildman–Crippen LogP) is -0.00960. The fourth-order valence-corrected chi connectivity index (χ4v) is 0. The van der Waals surface area contributed by atoms with Gasteiger partial charge in [0, 0.05) is 0 Å². The fourth-order valence-electron chi connectivity index (χ4n) is 0. The van der Waals surface area contributed by atoms with Crippen LogP contribution in [-0.4, -0.2) is 29.4 Å². The second kappa shape index (κ2) is 12.6. The zero-order chi connectivity index (χ0) is 19.4. The van der Waals surface area contributed by atoms with Gasteiger partial charge < -0.3 is 0 Å². The van der Waals surface area contributed by atoms with Crippen LogP contribution in [0.15, 0.2) is 0 Å². The first-order chi connectivity index (χ1) is 9.12. The Morgan fingerprint density at radius 3 is 0.636 bits per heavy atom. The van der Waals surface area contributed by atoms with Crippen LogP contribution in [0.5, 0.6) is 0 Å². The number of halogens is 4. The molecule has 0 aliphatic rings. The Hall–Kier alpha value is 0.240. The zero-order valence-electron chi connectivity index (χ0n) is 9.59. The van der Waals surface area contributed by atoms with Gasteiger partial charge in [0.2, 0.25) is 0 Å². The van der Waals surface area contributed by atoms with Crippen molar-refractivity contribution < 1.29 is 73.7 Å². The summed E-state index contributed by atoms with van der Waals surface area (Å²) in [5, 5.41) is 0. The molecule has 0 aliphatic heterocycles. The second-order valence-corrected chi connectivity index (χ2v) is 6.18. The van der Waals surface area contributed by atoms with Crippen molar-refractivity contribution in [3.8, 4) is 0 Å². The molecular formula is H10F4N2O12P4. The average molecular weight is 430 g/mol. The Morgan fingerprint density at radius 2 is 0.636 bits per heavy atom. The van der Waals surface area contributed by atoms with Gasteiger partial charge in [0.25, 0.3) is 0 Å². The molecule has 14 nitrogen and oxygen atoms in total. The molecule has 22 heavy (non-hydrogen) atoms. The zero-order valence-corrected chi connectivity index (χ0v) is 13.2. The van der Waals surface area contributed by atoms with Crippen molar-refractivity contribution >= 4 is 31.6 Å². The summed E-state index contributed by atoms with van der Waals surface area (Å²) in [7, 11) is -20.0. The van der Waals surface area contributed by atoms with E-state index in [2.05, 4.69) is 21.0 Å². The fraction of sp³-hybridized carbons (Fsp3) is 0. The van der Waals surface area contributed by atoms with Gasteiger partial charge in [0.1, 0.15) is 0 Å². The molecule has 0 radical (unpaired) electrons. The highest BCUT2D eigenvalue weighted by atomic mass is 31.2. The topological polar surface area (TPSA) is 260 Å². The van der Waals surface area contributed by atoms with E-state index in [4.69, 9.17) is 47.6 Å². The first-order valence-corrected chi connectivity index (χ1v) is 9.39. The van der Waals surface area contributed by atoms with Crippen LogP contribution < -0.4 is 11.8 Å². The number of hydrogen-bond acceptors (Lipinski definition) is 8. The van der Waals surface area contributed by atoms with Gasteiger partial charge in [0.15, 0.2) is 0 Å². The number of rotatable bonds is 2. The van der Waals surface area contributed by atoms with Crippen molar-refractivity contribution in [2.24, 2.45) is 11.8 Å². The van der Waals surface area contributed by atoms with Gasteiger partial charge in [-0.1, -0.05) is 0 Å². The molecule has 0 aromatic heterocycles. The molecule has 22 heteroatoms. The normalized spacial score (nSPS) is 16.2. The Kier molecular flexibility index (Phi) is 17.3. The standard InChI is InChI=1S/2FH3NO3P.2FH2O3P/c2*1-6(3,4)5-2;2*1-5(2,3)4/h2*2H2,(H,3,4);2*(H2,2,3,4). The third-order valence-electron chi connectivity index (χ3n) is 0.260. The Morgan fingerprint density at radius 1 is 0.591 bits per heavy atom. The van der Waals surface area contributed by atoms with Crippen molar-refractivity contribution in [3.63, 3.8) is 0 Å². The SMILES string of the molecule is NOP(=O)(O)F.NOP(=O)(O)F.O=P(O)(O)F.O=P(O)(O)F. The molecule has 0 saturated carbocycles. The maximum absolute atomic E-state index is 10.9. The van der Waals surface area contributed by atoms with Gasteiger partial charge in [-0.15, -0.1) is 16.8 Å². The van der Waals surface area contributed by atoms with Crippen LogP contribution >= 0.6 is 31.6 Å². The van der Waals surface area contributed by atoms with Crippen LogP contribution in [-0.2, 0) is 27.5 Å². The first kappa shape index (κ1) is 30.2. The van der Waals surface area contributed by atoms with E-state index in [1.807, 2.05) is 0 Å². The highest BCUT2D eigenvalue weighted by molar-refractivity contribution is 7.47. The van der Waals surface area contributed by atoms with Crippen LogP contribution in [0.2, 0.25) is 0 Å². The summed E-state index contributed by atoms with van der Waals surface area (Å²) in [5.74, 6) is 7.83. The molecule has 0 spiro atoms. The molecule has 2 atom stereocenters. The van der Waals surface area contributed by atoms with Crippen LogP contribution in [0.3, 0.4) is 0 Å². The first-order valence-electron chi connectivity index (χ1n) is 3.44. The molecule has 2 unspecified atom stereocenters. The highest BCUT2D eigenvalue weighted by Gasteiger charge is 2.13. The molecular weight excluding hydrogens is 420 g/mol. The van der Waals surface area contributed by atoms with E-state index in [0.717, 1.165) is 0 Å². The summed E-state index contributed by atoms with van der Waals surface area (Å²) in [5.41, 5.74) is 0. The van der Waals surface area contributed by atoms with E-state index in [1.165, 1.54) is 0 Å². The largest absolute Gasteiger partial charge is 0.526 e. The predicted molar refractivity (Wildman–Crippen MR) is 58.7 cm³/mol. The van der Waals surface area contributed by atoms with E-state index in [9.17, 15) is 16.8 Å². The molecule has 0 aliphatic carbocycles. The van der Waals surface area contributed by atoms with Crippen molar-refractivity contribution in [3.05, 3.63) is 0 Å². The van der Waals surface area contributed by atoms with Crippen LogP contribution in [0.4, 0.5) is 16.8 Å².